The Labute approximate surface area is 209 Å². The summed E-state index contributed by atoms with van der Waals surface area (Å²) >= 11 is 0. The number of hydrogen-bond donors (Lipinski definition) is 0. The van der Waals surface area contributed by atoms with Gasteiger partial charge in [0.15, 0.2) is 0 Å². The van der Waals surface area contributed by atoms with Gasteiger partial charge in [-0.2, -0.15) is 0 Å². The van der Waals surface area contributed by atoms with Crippen LogP contribution in [0.5, 0.6) is 0 Å². The van der Waals surface area contributed by atoms with E-state index in [2.05, 4.69) is 50.8 Å². The predicted molar refractivity (Wildman–Crippen MR) is 142 cm³/mol. The van der Waals surface area contributed by atoms with Crippen LogP contribution in [0.1, 0.15) is 61.2 Å². The van der Waals surface area contributed by atoms with E-state index in [-0.39, 0.29) is 17.8 Å². The second kappa shape index (κ2) is 10.7. The lowest BCUT2D eigenvalue weighted by molar-refractivity contribution is 0.0719. The van der Waals surface area contributed by atoms with Gasteiger partial charge in [0, 0.05) is 37.3 Å². The SMILES string of the molecule is CC(C)N(Cc1ccc2c(c1)CCC(N(C)C(=O)c1ccc(-c3ccc(F)cc3)cc1)C2)C(C)C. The van der Waals surface area contributed by atoms with E-state index < -0.39 is 0 Å². The van der Waals surface area contributed by atoms with E-state index in [0.717, 1.165) is 36.9 Å². The molecule has 0 bridgehead atoms. The highest BCUT2D eigenvalue weighted by Crippen LogP contribution is 2.27. The molecule has 3 aromatic rings. The lowest BCUT2D eigenvalue weighted by Crippen LogP contribution is -2.40. The monoisotopic (exact) mass is 472 g/mol. The first-order valence-corrected chi connectivity index (χ1v) is 12.7. The lowest BCUT2D eigenvalue weighted by atomic mass is 9.86. The minimum atomic E-state index is -0.249. The lowest BCUT2D eigenvalue weighted by Gasteiger charge is -2.34. The Kier molecular flexibility index (Phi) is 7.71. The molecule has 0 spiro atoms. The molecule has 0 fully saturated rings. The number of carbonyl (C=O) groups is 1. The third-order valence-corrected chi connectivity index (χ3v) is 7.34. The molecular weight excluding hydrogens is 435 g/mol. The fourth-order valence-electron chi connectivity index (χ4n) is 5.21. The molecule has 3 nitrogen and oxygen atoms in total. The van der Waals surface area contributed by atoms with Gasteiger partial charge in [0.2, 0.25) is 0 Å². The number of aryl methyl sites for hydroxylation is 1. The molecule has 0 saturated heterocycles. The summed E-state index contributed by atoms with van der Waals surface area (Å²) in [6.45, 7) is 10.00. The summed E-state index contributed by atoms with van der Waals surface area (Å²) in [5, 5.41) is 0. The third kappa shape index (κ3) is 5.82. The van der Waals surface area contributed by atoms with Gasteiger partial charge >= 0.3 is 0 Å². The van der Waals surface area contributed by atoms with Crippen molar-refractivity contribution in [1.29, 1.82) is 0 Å². The number of hydrogen-bond acceptors (Lipinski definition) is 2. The number of fused-ring (bicyclic) bond motifs is 1. The largest absolute Gasteiger partial charge is 0.338 e. The predicted octanol–water partition coefficient (Wildman–Crippen LogP) is 6.74. The van der Waals surface area contributed by atoms with Crippen LogP contribution in [-0.2, 0) is 19.4 Å². The maximum atomic E-state index is 13.2. The van der Waals surface area contributed by atoms with Crippen LogP contribution in [0, 0.1) is 5.82 Å². The van der Waals surface area contributed by atoms with Crippen molar-refractivity contribution in [3.8, 4) is 11.1 Å². The average molecular weight is 473 g/mol. The van der Waals surface area contributed by atoms with Gasteiger partial charge < -0.3 is 4.90 Å². The molecule has 0 aliphatic heterocycles. The molecule has 1 unspecified atom stereocenters. The molecule has 1 aliphatic carbocycles. The van der Waals surface area contributed by atoms with Crippen LogP contribution in [0.3, 0.4) is 0 Å². The van der Waals surface area contributed by atoms with Crippen molar-refractivity contribution in [1.82, 2.24) is 9.80 Å². The maximum Gasteiger partial charge on any atom is 0.253 e. The topological polar surface area (TPSA) is 23.6 Å². The summed E-state index contributed by atoms with van der Waals surface area (Å²) in [5.74, 6) is -0.203. The zero-order valence-corrected chi connectivity index (χ0v) is 21.6. The second-order valence-corrected chi connectivity index (χ2v) is 10.4. The fraction of sp³-hybridized carbons (Fsp3) is 0.387. The van der Waals surface area contributed by atoms with E-state index in [1.54, 1.807) is 12.1 Å². The molecule has 184 valence electrons. The summed E-state index contributed by atoms with van der Waals surface area (Å²) in [6.07, 6.45) is 2.87. The first-order valence-electron chi connectivity index (χ1n) is 12.7. The van der Waals surface area contributed by atoms with Gasteiger partial charge in [0.25, 0.3) is 5.91 Å². The van der Waals surface area contributed by atoms with Gasteiger partial charge in [-0.15, -0.1) is 0 Å². The van der Waals surface area contributed by atoms with Gasteiger partial charge in [-0.05, 0) is 99.0 Å². The number of amides is 1. The second-order valence-electron chi connectivity index (χ2n) is 10.4. The number of likely N-dealkylation sites (N-methyl/N-ethyl adjacent to an activating group) is 1. The van der Waals surface area contributed by atoms with E-state index in [4.69, 9.17) is 0 Å². The van der Waals surface area contributed by atoms with Crippen LogP contribution in [0.4, 0.5) is 4.39 Å². The number of carbonyl (C=O) groups excluding carboxylic acids is 1. The molecule has 0 N–H and O–H groups in total. The normalized spacial score (nSPS) is 15.5. The van der Waals surface area contributed by atoms with Gasteiger partial charge in [-0.1, -0.05) is 42.5 Å². The molecule has 35 heavy (non-hydrogen) atoms. The number of rotatable bonds is 7. The van der Waals surface area contributed by atoms with Gasteiger partial charge in [-0.3, -0.25) is 9.69 Å². The molecule has 0 aromatic heterocycles. The molecule has 3 aromatic carbocycles. The zero-order valence-electron chi connectivity index (χ0n) is 21.6. The molecule has 4 heteroatoms. The minimum Gasteiger partial charge on any atom is -0.338 e. The van der Waals surface area contributed by atoms with Gasteiger partial charge in [-0.25, -0.2) is 4.39 Å². The Bertz CT molecular complexity index is 1140. The highest BCUT2D eigenvalue weighted by Gasteiger charge is 2.26. The van der Waals surface area contributed by atoms with Crippen molar-refractivity contribution in [3.63, 3.8) is 0 Å². The standard InChI is InChI=1S/C31H37FN2O/c1-21(2)34(22(3)4)20-23-6-7-28-19-30(17-14-27(28)18-23)33(5)31(35)26-10-8-24(9-11-26)25-12-15-29(32)16-13-25/h6-13,15-16,18,21-22,30H,14,17,19-20H2,1-5H3. The van der Waals surface area contributed by atoms with Crippen LogP contribution in [-0.4, -0.2) is 40.9 Å². The number of benzene rings is 3. The summed E-state index contributed by atoms with van der Waals surface area (Å²) in [7, 11) is 1.92. The van der Waals surface area contributed by atoms with Crippen LogP contribution >= 0.6 is 0 Å². The fourth-order valence-corrected chi connectivity index (χ4v) is 5.21. The maximum absolute atomic E-state index is 13.2. The quantitative estimate of drug-likeness (QED) is 0.380. The minimum absolute atomic E-state index is 0.0465. The highest BCUT2D eigenvalue weighted by molar-refractivity contribution is 5.94. The first kappa shape index (κ1) is 25.1. The van der Waals surface area contributed by atoms with E-state index in [1.807, 2.05) is 36.2 Å². The zero-order chi connectivity index (χ0) is 25.1. The molecule has 0 heterocycles. The Morgan fingerprint density at radius 2 is 1.49 bits per heavy atom. The smallest absolute Gasteiger partial charge is 0.253 e. The Balaban J connectivity index is 1.42. The average Bonchev–Trinajstić information content (AvgIpc) is 2.86. The Morgan fingerprint density at radius 1 is 0.886 bits per heavy atom. The Hall–Kier alpha value is -2.98. The van der Waals surface area contributed by atoms with Crippen molar-refractivity contribution in [2.24, 2.45) is 0 Å². The van der Waals surface area contributed by atoms with Crippen molar-refractivity contribution in [2.45, 2.75) is 71.6 Å². The summed E-state index contributed by atoms with van der Waals surface area (Å²) in [5.41, 5.74) is 6.75. The molecule has 0 saturated carbocycles. The van der Waals surface area contributed by atoms with Crippen LogP contribution in [0.15, 0.2) is 66.7 Å². The molecule has 1 atom stereocenters. The van der Waals surface area contributed by atoms with E-state index in [1.165, 1.54) is 28.8 Å². The molecule has 0 radical (unpaired) electrons. The summed E-state index contributed by atoms with van der Waals surface area (Å²) in [4.78, 5) is 17.6. The first-order chi connectivity index (χ1) is 16.7. The van der Waals surface area contributed by atoms with Gasteiger partial charge in [0.1, 0.15) is 5.82 Å². The summed E-state index contributed by atoms with van der Waals surface area (Å²) < 4.78 is 13.2. The highest BCUT2D eigenvalue weighted by atomic mass is 19.1. The van der Waals surface area contributed by atoms with Crippen molar-refractivity contribution in [3.05, 3.63) is 94.8 Å². The molecular formula is C31H37FN2O. The van der Waals surface area contributed by atoms with E-state index >= 15 is 0 Å². The van der Waals surface area contributed by atoms with Crippen LogP contribution < -0.4 is 0 Å². The number of nitrogens with zero attached hydrogens (tertiary/aromatic N) is 2. The molecule has 1 aliphatic rings. The van der Waals surface area contributed by atoms with Crippen molar-refractivity contribution < 1.29 is 9.18 Å². The Morgan fingerprint density at radius 3 is 2.09 bits per heavy atom. The van der Waals surface area contributed by atoms with E-state index in [0.29, 0.717) is 17.6 Å². The summed E-state index contributed by atoms with van der Waals surface area (Å²) in [6, 6.07) is 22.2. The van der Waals surface area contributed by atoms with Crippen molar-refractivity contribution in [2.75, 3.05) is 7.05 Å². The third-order valence-electron chi connectivity index (χ3n) is 7.34. The van der Waals surface area contributed by atoms with Crippen molar-refractivity contribution >= 4 is 5.91 Å². The molecule has 4 rings (SSSR count). The van der Waals surface area contributed by atoms with Crippen LogP contribution in [0.25, 0.3) is 11.1 Å². The van der Waals surface area contributed by atoms with Crippen LogP contribution in [0.2, 0.25) is 0 Å². The van der Waals surface area contributed by atoms with E-state index in [9.17, 15) is 9.18 Å². The molecule has 1 amide bonds. The van der Waals surface area contributed by atoms with Gasteiger partial charge in [0.05, 0.1) is 0 Å². The number of halogens is 1.